The number of hydrogen-bond acceptors (Lipinski definition) is 8. The van der Waals surface area contributed by atoms with Crippen molar-refractivity contribution in [3.8, 4) is 11.5 Å². The van der Waals surface area contributed by atoms with Crippen molar-refractivity contribution in [2.45, 2.75) is 26.9 Å². The van der Waals surface area contributed by atoms with Crippen molar-refractivity contribution in [2.75, 3.05) is 17.2 Å². The van der Waals surface area contributed by atoms with Crippen molar-refractivity contribution in [3.05, 3.63) is 102 Å². The zero-order valence-electron chi connectivity index (χ0n) is 20.2. The van der Waals surface area contributed by atoms with Gasteiger partial charge in [0.1, 0.15) is 28.9 Å². The summed E-state index contributed by atoms with van der Waals surface area (Å²) in [6, 6.07) is 22.5. The summed E-state index contributed by atoms with van der Waals surface area (Å²) in [5, 5.41) is 14.8. The monoisotopic (exact) mass is 484 g/mol. The molecule has 0 radical (unpaired) electrons. The third-order valence-electron chi connectivity index (χ3n) is 5.28. The van der Waals surface area contributed by atoms with Crippen molar-refractivity contribution in [3.63, 3.8) is 0 Å². The highest BCUT2D eigenvalue weighted by molar-refractivity contribution is 6.10. The Bertz CT molecular complexity index is 1300. The number of nitrogens with zero attached hydrogens (tertiary/aromatic N) is 1. The van der Waals surface area contributed by atoms with E-state index in [1.54, 1.807) is 32.2 Å². The van der Waals surface area contributed by atoms with E-state index in [1.807, 2.05) is 60.7 Å². The van der Waals surface area contributed by atoms with Gasteiger partial charge in [0.15, 0.2) is 0 Å². The maximum atomic E-state index is 12.7. The van der Waals surface area contributed by atoms with Crippen molar-refractivity contribution < 1.29 is 18.7 Å². The van der Waals surface area contributed by atoms with E-state index < -0.39 is 5.97 Å². The lowest BCUT2D eigenvalue weighted by molar-refractivity contribution is 0.0526. The third-order valence-corrected chi connectivity index (χ3v) is 5.28. The molecule has 0 spiro atoms. The number of aromatic nitrogens is 1. The molecule has 3 N–H and O–H groups in total. The molecular formula is C28H28N4O4. The van der Waals surface area contributed by atoms with Gasteiger partial charge in [0.25, 0.3) is 0 Å². The minimum Gasteiger partial charge on any atom is -0.467 e. The predicted molar refractivity (Wildman–Crippen MR) is 139 cm³/mol. The molecule has 0 unspecified atom stereocenters. The molecule has 184 valence electrons. The molecule has 0 saturated heterocycles. The van der Waals surface area contributed by atoms with Crippen LogP contribution in [0.1, 0.15) is 41.1 Å². The van der Waals surface area contributed by atoms with E-state index in [0.29, 0.717) is 30.3 Å². The number of pyridine rings is 1. The smallest absolute Gasteiger partial charge is 0.339 e. The molecule has 0 bridgehead atoms. The molecular weight excluding hydrogens is 456 g/mol. The molecule has 2 aromatic heterocycles. The highest BCUT2D eigenvalue weighted by Crippen LogP contribution is 2.26. The van der Waals surface area contributed by atoms with Crippen molar-refractivity contribution in [1.82, 2.24) is 4.98 Å². The van der Waals surface area contributed by atoms with Crippen LogP contribution in [-0.4, -0.2) is 23.3 Å². The Balaban J connectivity index is 1.55. The Morgan fingerprint density at radius 3 is 2.39 bits per heavy atom. The third kappa shape index (κ3) is 6.29. The Kier molecular flexibility index (Phi) is 7.97. The SMILES string of the molecule is CCOC(=O)c1cc(NCc2ccco2)nc(NCc2ccc(Oc3ccccc3)cc2)c1C(C)=N. The average molecular weight is 485 g/mol. The maximum Gasteiger partial charge on any atom is 0.339 e. The molecule has 2 aromatic carbocycles. The molecule has 4 aromatic rings. The first kappa shape index (κ1) is 24.5. The van der Waals surface area contributed by atoms with Crippen LogP contribution in [0, 0.1) is 5.41 Å². The highest BCUT2D eigenvalue weighted by Gasteiger charge is 2.21. The number of esters is 1. The number of anilines is 2. The summed E-state index contributed by atoms with van der Waals surface area (Å²) in [6.07, 6.45) is 1.60. The Morgan fingerprint density at radius 1 is 0.972 bits per heavy atom. The normalized spacial score (nSPS) is 10.5. The van der Waals surface area contributed by atoms with Gasteiger partial charge < -0.3 is 29.9 Å². The number of furan rings is 1. The van der Waals surface area contributed by atoms with Gasteiger partial charge in [-0.2, -0.15) is 0 Å². The Hall–Kier alpha value is -4.59. The average Bonchev–Trinajstić information content (AvgIpc) is 3.41. The fourth-order valence-electron chi connectivity index (χ4n) is 3.59. The summed E-state index contributed by atoms with van der Waals surface area (Å²) in [5.41, 5.74) is 1.87. The summed E-state index contributed by atoms with van der Waals surface area (Å²) < 4.78 is 16.5. The van der Waals surface area contributed by atoms with Crippen LogP contribution in [0.15, 0.2) is 83.5 Å². The van der Waals surface area contributed by atoms with Crippen molar-refractivity contribution >= 4 is 23.3 Å². The topological polar surface area (TPSA) is 109 Å². The summed E-state index contributed by atoms with van der Waals surface area (Å²) in [4.78, 5) is 17.4. The van der Waals surface area contributed by atoms with Crippen LogP contribution in [-0.2, 0) is 17.8 Å². The van der Waals surface area contributed by atoms with E-state index in [-0.39, 0.29) is 17.9 Å². The van der Waals surface area contributed by atoms with Crippen LogP contribution in [0.2, 0.25) is 0 Å². The molecule has 0 fully saturated rings. The van der Waals surface area contributed by atoms with E-state index in [9.17, 15) is 4.79 Å². The van der Waals surface area contributed by atoms with E-state index in [1.165, 1.54) is 0 Å². The van der Waals surface area contributed by atoms with Crippen LogP contribution in [0.5, 0.6) is 11.5 Å². The lowest BCUT2D eigenvalue weighted by atomic mass is 10.0. The molecule has 0 atom stereocenters. The van der Waals surface area contributed by atoms with Gasteiger partial charge in [0, 0.05) is 12.3 Å². The molecule has 0 saturated carbocycles. The first-order valence-electron chi connectivity index (χ1n) is 11.6. The Morgan fingerprint density at radius 2 is 1.72 bits per heavy atom. The molecule has 2 heterocycles. The van der Waals surface area contributed by atoms with Gasteiger partial charge in [-0.1, -0.05) is 30.3 Å². The highest BCUT2D eigenvalue weighted by atomic mass is 16.5. The van der Waals surface area contributed by atoms with Crippen LogP contribution < -0.4 is 15.4 Å². The van der Waals surface area contributed by atoms with Crippen LogP contribution in [0.25, 0.3) is 0 Å². The molecule has 0 aliphatic carbocycles. The number of ether oxygens (including phenoxy) is 2. The van der Waals surface area contributed by atoms with Crippen molar-refractivity contribution in [1.29, 1.82) is 5.41 Å². The second kappa shape index (κ2) is 11.7. The molecule has 8 nitrogen and oxygen atoms in total. The zero-order chi connectivity index (χ0) is 25.3. The summed E-state index contributed by atoms with van der Waals surface area (Å²) in [5.74, 6) is 2.60. The number of para-hydroxylation sites is 1. The zero-order valence-corrected chi connectivity index (χ0v) is 20.2. The molecule has 4 rings (SSSR count). The number of hydrogen-bond donors (Lipinski definition) is 3. The largest absolute Gasteiger partial charge is 0.467 e. The molecule has 0 aliphatic rings. The predicted octanol–water partition coefficient (Wildman–Crippen LogP) is 6.26. The molecule has 0 aliphatic heterocycles. The fraction of sp³-hybridized carbons (Fsp3) is 0.179. The number of carbonyl (C=O) groups is 1. The van der Waals surface area contributed by atoms with Gasteiger partial charge in [-0.15, -0.1) is 0 Å². The van der Waals surface area contributed by atoms with E-state index in [2.05, 4.69) is 15.6 Å². The van der Waals surface area contributed by atoms with Crippen LogP contribution in [0.3, 0.4) is 0 Å². The van der Waals surface area contributed by atoms with Gasteiger partial charge in [-0.25, -0.2) is 9.78 Å². The van der Waals surface area contributed by atoms with Gasteiger partial charge in [0.05, 0.1) is 30.5 Å². The lowest BCUT2D eigenvalue weighted by Gasteiger charge is -2.17. The van der Waals surface area contributed by atoms with E-state index >= 15 is 0 Å². The lowest BCUT2D eigenvalue weighted by Crippen LogP contribution is -2.17. The standard InChI is InChI=1S/C28H28N4O4/c1-3-34-28(33)24-16-25(30-18-23-10-7-15-35-23)32-27(26(24)19(2)29)31-17-20-11-13-22(14-12-20)36-21-8-5-4-6-9-21/h4-16,29H,3,17-18H2,1-2H3,(H2,30,31,32). The van der Waals surface area contributed by atoms with Gasteiger partial charge in [-0.3, -0.25) is 0 Å². The van der Waals surface area contributed by atoms with Crippen molar-refractivity contribution in [2.24, 2.45) is 0 Å². The number of carbonyl (C=O) groups excluding carboxylic acids is 1. The van der Waals surface area contributed by atoms with Gasteiger partial charge in [0.2, 0.25) is 0 Å². The second-order valence-electron chi connectivity index (χ2n) is 7.97. The first-order chi connectivity index (χ1) is 17.5. The summed E-state index contributed by atoms with van der Waals surface area (Å²) in [6.45, 7) is 4.43. The van der Waals surface area contributed by atoms with Crippen LogP contribution >= 0.6 is 0 Å². The molecule has 0 amide bonds. The molecule has 8 heteroatoms. The summed E-state index contributed by atoms with van der Waals surface area (Å²) in [7, 11) is 0. The van der Waals surface area contributed by atoms with Crippen LogP contribution in [0.4, 0.5) is 11.6 Å². The first-order valence-corrected chi connectivity index (χ1v) is 11.6. The van der Waals surface area contributed by atoms with E-state index in [4.69, 9.17) is 19.3 Å². The Labute approximate surface area is 209 Å². The quantitative estimate of drug-likeness (QED) is 0.170. The van der Waals surface area contributed by atoms with E-state index in [0.717, 1.165) is 22.8 Å². The molecule has 36 heavy (non-hydrogen) atoms. The van der Waals surface area contributed by atoms with Gasteiger partial charge in [-0.05, 0) is 61.9 Å². The minimum atomic E-state index is -0.506. The fourth-order valence-corrected chi connectivity index (χ4v) is 3.59. The minimum absolute atomic E-state index is 0.206. The number of nitrogens with one attached hydrogen (secondary N) is 3. The number of benzene rings is 2. The number of rotatable bonds is 11. The van der Waals surface area contributed by atoms with Gasteiger partial charge >= 0.3 is 5.97 Å². The maximum absolute atomic E-state index is 12.7. The second-order valence-corrected chi connectivity index (χ2v) is 7.97. The summed E-state index contributed by atoms with van der Waals surface area (Å²) >= 11 is 0.